The predicted molar refractivity (Wildman–Crippen MR) is 153 cm³/mol. The quantitative estimate of drug-likeness (QED) is 0.413. The molecule has 0 spiro atoms. The molecule has 0 saturated carbocycles. The molecular weight excluding hydrogens is 539 g/mol. The van der Waals surface area contributed by atoms with E-state index in [1.54, 1.807) is 6.07 Å². The molecule has 12 heteroatoms. The molecule has 1 atom stereocenters. The van der Waals surface area contributed by atoms with Crippen LogP contribution in [0.4, 0.5) is 11.6 Å². The number of anilines is 2. The molecule has 210 valence electrons. The van der Waals surface area contributed by atoms with E-state index in [0.717, 1.165) is 70.5 Å². The van der Waals surface area contributed by atoms with Gasteiger partial charge < -0.3 is 21.1 Å². The van der Waals surface area contributed by atoms with Gasteiger partial charge in [0.25, 0.3) is 5.91 Å². The topological polar surface area (TPSA) is 135 Å². The van der Waals surface area contributed by atoms with Gasteiger partial charge >= 0.3 is 0 Å². The summed E-state index contributed by atoms with van der Waals surface area (Å²) in [6, 6.07) is 8.65. The highest BCUT2D eigenvalue weighted by molar-refractivity contribution is 6.32. The average molecular weight is 576 g/mol. The van der Waals surface area contributed by atoms with Crippen LogP contribution in [0.1, 0.15) is 54.2 Å². The largest absolute Gasteiger partial charge is 0.395 e. The summed E-state index contributed by atoms with van der Waals surface area (Å²) >= 11 is 12.6. The summed E-state index contributed by atoms with van der Waals surface area (Å²) < 4.78 is 0. The molecule has 2 aliphatic rings. The summed E-state index contributed by atoms with van der Waals surface area (Å²) in [5.74, 6) is 0.00839. The molecule has 10 nitrogen and oxygen atoms in total. The summed E-state index contributed by atoms with van der Waals surface area (Å²) in [6.07, 6.45) is 4.25. The van der Waals surface area contributed by atoms with E-state index in [1.165, 1.54) is 0 Å². The zero-order chi connectivity index (χ0) is 27.9. The Hall–Kier alpha value is -2.68. The molecule has 4 rings (SSSR count). The fraction of sp³-hybridized carbons (Fsp3) is 0.556. The predicted octanol–water partition coefficient (Wildman–Crippen LogP) is 2.91. The highest BCUT2D eigenvalue weighted by Crippen LogP contribution is 2.30. The number of hydrogen-bond donors (Lipinski definition) is 3. The van der Waals surface area contributed by atoms with E-state index in [0.29, 0.717) is 28.5 Å². The van der Waals surface area contributed by atoms with Gasteiger partial charge in [0.15, 0.2) is 22.5 Å². The van der Waals surface area contributed by atoms with Crippen LogP contribution < -0.4 is 16.0 Å². The van der Waals surface area contributed by atoms with Crippen LogP contribution in [0.15, 0.2) is 18.2 Å². The first-order valence-corrected chi connectivity index (χ1v) is 14.2. The van der Waals surface area contributed by atoms with Gasteiger partial charge in [0.1, 0.15) is 0 Å². The van der Waals surface area contributed by atoms with Crippen LogP contribution in [0.2, 0.25) is 10.2 Å². The van der Waals surface area contributed by atoms with Crippen molar-refractivity contribution in [2.45, 2.75) is 51.2 Å². The molecule has 1 aromatic heterocycles. The summed E-state index contributed by atoms with van der Waals surface area (Å²) in [4.78, 5) is 28.2. The maximum atomic E-state index is 12.3. The van der Waals surface area contributed by atoms with Gasteiger partial charge in [-0.1, -0.05) is 42.6 Å². The summed E-state index contributed by atoms with van der Waals surface area (Å²) in [5.41, 5.74) is 7.71. The van der Waals surface area contributed by atoms with E-state index in [4.69, 9.17) is 34.0 Å². The molecule has 2 aromatic rings. The number of nitrogens with one attached hydrogen (secondary N) is 1. The molecule has 0 aliphatic carbocycles. The van der Waals surface area contributed by atoms with E-state index < -0.39 is 5.91 Å². The lowest BCUT2D eigenvalue weighted by Gasteiger charge is -2.48. The number of piperidine rings is 1. The second-order valence-electron chi connectivity index (χ2n) is 10.1. The van der Waals surface area contributed by atoms with Crippen molar-refractivity contribution in [3.8, 4) is 6.07 Å². The van der Waals surface area contributed by atoms with Gasteiger partial charge in [-0.05, 0) is 50.0 Å². The van der Waals surface area contributed by atoms with Crippen molar-refractivity contribution in [3.05, 3.63) is 45.2 Å². The number of nitrogens with zero attached hydrogens (tertiary/aromatic N) is 6. The zero-order valence-corrected chi connectivity index (χ0v) is 23.8. The minimum absolute atomic E-state index is 0.0203. The molecule has 3 heterocycles. The van der Waals surface area contributed by atoms with Gasteiger partial charge in [-0.3, -0.25) is 14.6 Å². The van der Waals surface area contributed by atoms with E-state index in [-0.39, 0.29) is 29.8 Å². The van der Waals surface area contributed by atoms with Crippen molar-refractivity contribution in [3.63, 3.8) is 0 Å². The first kappa shape index (κ1) is 29.3. The number of aromatic nitrogens is 2. The number of amides is 1. The molecule has 2 fully saturated rings. The Morgan fingerprint density at radius 3 is 2.69 bits per heavy atom. The number of likely N-dealkylation sites (tertiary alicyclic amines) is 1. The number of nitrogen functional groups attached to an aromatic ring is 1. The molecule has 39 heavy (non-hydrogen) atoms. The lowest BCUT2D eigenvalue weighted by Crippen LogP contribution is -2.58. The lowest BCUT2D eigenvalue weighted by atomic mass is 9.96. The third-order valence-corrected chi connectivity index (χ3v) is 8.03. The monoisotopic (exact) mass is 574 g/mol. The van der Waals surface area contributed by atoms with E-state index in [1.807, 2.05) is 12.1 Å². The number of benzene rings is 1. The Balaban J connectivity index is 1.39. The Morgan fingerprint density at radius 2 is 2.00 bits per heavy atom. The van der Waals surface area contributed by atoms with Gasteiger partial charge in [0.05, 0.1) is 18.2 Å². The Labute approximate surface area is 239 Å². The number of aliphatic hydroxyl groups excluding tert-OH is 1. The zero-order valence-electron chi connectivity index (χ0n) is 22.2. The SMILES string of the molecule is CCC[C@H]1CN(c2nc(N)c(C(=O)NCCO)nc2Cl)CCN1C1CCN(Cc2ccc(Cl)cc2C#N)CC1. The third kappa shape index (κ3) is 7.10. The number of halogens is 2. The molecule has 0 radical (unpaired) electrons. The fourth-order valence-corrected chi connectivity index (χ4v) is 6.03. The summed E-state index contributed by atoms with van der Waals surface area (Å²) in [5, 5.41) is 21.7. The molecule has 0 bridgehead atoms. The second kappa shape index (κ2) is 13.6. The van der Waals surface area contributed by atoms with E-state index in [2.05, 4.69) is 43.0 Å². The van der Waals surface area contributed by atoms with Crippen LogP contribution in [-0.4, -0.2) is 88.7 Å². The van der Waals surface area contributed by atoms with Crippen molar-refractivity contribution in [1.82, 2.24) is 25.1 Å². The lowest BCUT2D eigenvalue weighted by molar-refractivity contribution is 0.0589. The van der Waals surface area contributed by atoms with Crippen molar-refractivity contribution < 1.29 is 9.90 Å². The summed E-state index contributed by atoms with van der Waals surface area (Å²) in [7, 11) is 0. The van der Waals surface area contributed by atoms with Crippen LogP contribution in [0.5, 0.6) is 0 Å². The van der Waals surface area contributed by atoms with Crippen molar-refractivity contribution >= 4 is 40.7 Å². The molecule has 1 aromatic carbocycles. The van der Waals surface area contributed by atoms with Crippen LogP contribution in [0.25, 0.3) is 0 Å². The van der Waals surface area contributed by atoms with Gasteiger partial charge in [0.2, 0.25) is 0 Å². The molecule has 1 amide bonds. The first-order chi connectivity index (χ1) is 18.8. The number of aliphatic hydroxyl groups is 1. The third-order valence-electron chi connectivity index (χ3n) is 7.54. The fourth-order valence-electron chi connectivity index (χ4n) is 5.61. The van der Waals surface area contributed by atoms with Gasteiger partial charge in [-0.2, -0.15) is 5.26 Å². The average Bonchev–Trinajstić information content (AvgIpc) is 2.94. The number of nitriles is 1. The maximum absolute atomic E-state index is 12.3. The number of hydrogen-bond acceptors (Lipinski definition) is 9. The molecule has 2 saturated heterocycles. The number of carbonyl (C=O) groups excluding carboxylic acids is 1. The normalized spacial score (nSPS) is 19.2. The Kier molecular flexibility index (Phi) is 10.2. The maximum Gasteiger partial charge on any atom is 0.273 e. The first-order valence-electron chi connectivity index (χ1n) is 13.5. The van der Waals surface area contributed by atoms with Gasteiger partial charge in [-0.15, -0.1) is 0 Å². The van der Waals surface area contributed by atoms with Crippen LogP contribution >= 0.6 is 23.2 Å². The molecule has 0 unspecified atom stereocenters. The van der Waals surface area contributed by atoms with Crippen molar-refractivity contribution in [1.29, 1.82) is 5.26 Å². The number of piperazine rings is 1. The Morgan fingerprint density at radius 1 is 1.23 bits per heavy atom. The van der Waals surface area contributed by atoms with Crippen molar-refractivity contribution in [2.24, 2.45) is 0 Å². The minimum atomic E-state index is -0.512. The van der Waals surface area contributed by atoms with E-state index in [9.17, 15) is 10.1 Å². The molecular formula is C27H36Cl2N8O2. The van der Waals surface area contributed by atoms with Gasteiger partial charge in [-0.25, -0.2) is 9.97 Å². The highest BCUT2D eigenvalue weighted by atomic mass is 35.5. The highest BCUT2D eigenvalue weighted by Gasteiger charge is 2.35. The number of nitrogens with two attached hydrogens (primary N) is 1. The van der Waals surface area contributed by atoms with E-state index >= 15 is 0 Å². The smallest absolute Gasteiger partial charge is 0.273 e. The Bertz CT molecular complexity index is 1200. The second-order valence-corrected chi connectivity index (χ2v) is 10.9. The van der Waals surface area contributed by atoms with Crippen LogP contribution in [0, 0.1) is 11.3 Å². The number of carbonyl (C=O) groups is 1. The van der Waals surface area contributed by atoms with Crippen LogP contribution in [0.3, 0.4) is 0 Å². The molecule has 4 N–H and O–H groups in total. The molecule has 2 aliphatic heterocycles. The van der Waals surface area contributed by atoms with Crippen molar-refractivity contribution in [2.75, 3.05) is 56.5 Å². The summed E-state index contributed by atoms with van der Waals surface area (Å²) in [6.45, 7) is 7.19. The number of rotatable bonds is 9. The van der Waals surface area contributed by atoms with Crippen LogP contribution in [-0.2, 0) is 6.54 Å². The van der Waals surface area contributed by atoms with Gasteiger partial charge in [0, 0.05) is 49.8 Å². The minimum Gasteiger partial charge on any atom is -0.395 e. The standard InChI is InChI=1S/C27H36Cl2N8O2/c1-2-3-22-17-36(26-24(29)33-23(25(31)34-26)27(39)32-8-13-38)11-12-37(22)21-6-9-35(10-7-21)16-18-4-5-20(28)14-19(18)15-30/h4-5,14,21-22,38H,2-3,6-13,16-17H2,1H3,(H2,31,34)(H,32,39)/t22-/m0/s1.